The molecule has 0 aliphatic rings. The minimum absolute atomic E-state index is 0.141. The molecule has 4 nitrogen and oxygen atoms in total. The Morgan fingerprint density at radius 1 is 1.25 bits per heavy atom. The zero-order chi connectivity index (χ0) is 15.2. The summed E-state index contributed by atoms with van der Waals surface area (Å²) in [6.07, 6.45) is 1.46. The Balaban J connectivity index is 2.51. The zero-order valence-corrected chi connectivity index (χ0v) is 13.2. The first kappa shape index (κ1) is 17.0. The number of hydrogen-bond acceptors (Lipinski definition) is 4. The predicted octanol–water partition coefficient (Wildman–Crippen LogP) is 2.20. The fraction of sp³-hybridized carbons (Fsp3) is 0.600. The molecule has 0 radical (unpaired) electrons. The summed E-state index contributed by atoms with van der Waals surface area (Å²) in [6, 6.07) is 7.53. The predicted molar refractivity (Wildman–Crippen MR) is 80.9 cm³/mol. The average molecular weight is 300 g/mol. The molecule has 0 amide bonds. The van der Waals surface area contributed by atoms with Crippen molar-refractivity contribution in [1.29, 1.82) is 0 Å². The minimum Gasteiger partial charge on any atom is -0.497 e. The Kier molecular flexibility index (Phi) is 6.02. The Morgan fingerprint density at radius 3 is 2.35 bits per heavy atom. The van der Waals surface area contributed by atoms with E-state index in [0.29, 0.717) is 19.3 Å². The van der Waals surface area contributed by atoms with Crippen LogP contribution in [0.4, 0.5) is 0 Å². The summed E-state index contributed by atoms with van der Waals surface area (Å²) in [7, 11) is -1.34. The van der Waals surface area contributed by atoms with Crippen LogP contribution < -0.4 is 4.74 Å². The summed E-state index contributed by atoms with van der Waals surface area (Å²) >= 11 is 0. The van der Waals surface area contributed by atoms with Crippen molar-refractivity contribution >= 4 is 9.84 Å². The van der Waals surface area contributed by atoms with Gasteiger partial charge in [0.05, 0.1) is 18.5 Å². The minimum atomic E-state index is -2.95. The molecule has 0 bridgehead atoms. The first-order chi connectivity index (χ1) is 9.28. The van der Waals surface area contributed by atoms with Gasteiger partial charge in [0.2, 0.25) is 0 Å². The summed E-state index contributed by atoms with van der Waals surface area (Å²) in [5.74, 6) is 1.08. The zero-order valence-electron chi connectivity index (χ0n) is 12.4. The second kappa shape index (κ2) is 7.09. The van der Waals surface area contributed by atoms with E-state index in [1.165, 1.54) is 0 Å². The lowest BCUT2D eigenvalue weighted by molar-refractivity contribution is 0.0507. The highest BCUT2D eigenvalue weighted by Crippen LogP contribution is 2.21. The second-order valence-electron chi connectivity index (χ2n) is 5.36. The molecule has 5 heteroatoms. The van der Waals surface area contributed by atoms with Gasteiger partial charge >= 0.3 is 0 Å². The van der Waals surface area contributed by atoms with Gasteiger partial charge in [-0.3, -0.25) is 0 Å². The van der Waals surface area contributed by atoms with Gasteiger partial charge in [0.25, 0.3) is 0 Å². The molecule has 0 saturated heterocycles. The largest absolute Gasteiger partial charge is 0.497 e. The van der Waals surface area contributed by atoms with Gasteiger partial charge in [-0.25, -0.2) is 8.42 Å². The molecule has 0 aromatic heterocycles. The Hall–Kier alpha value is -1.07. The Labute approximate surface area is 121 Å². The maximum absolute atomic E-state index is 11.4. The number of ether oxygens (including phenoxy) is 1. The van der Waals surface area contributed by atoms with Gasteiger partial charge in [-0.05, 0) is 37.5 Å². The van der Waals surface area contributed by atoms with E-state index in [-0.39, 0.29) is 11.5 Å². The van der Waals surface area contributed by atoms with Gasteiger partial charge in [-0.15, -0.1) is 0 Å². The Morgan fingerprint density at radius 2 is 1.85 bits per heavy atom. The van der Waals surface area contributed by atoms with Gasteiger partial charge in [-0.2, -0.15) is 0 Å². The molecular weight excluding hydrogens is 276 g/mol. The van der Waals surface area contributed by atoms with E-state index in [9.17, 15) is 13.5 Å². The highest BCUT2D eigenvalue weighted by Gasteiger charge is 2.21. The number of benzene rings is 1. The standard InChI is InChI=1S/C15H24O4S/c1-4-20(17,18)11-5-10-15(2,16)12-13-6-8-14(19-3)9-7-13/h6-9,16H,4-5,10-12H2,1-3H3. The van der Waals surface area contributed by atoms with Crippen LogP contribution in [-0.4, -0.2) is 37.7 Å². The highest BCUT2D eigenvalue weighted by atomic mass is 32.2. The summed E-state index contributed by atoms with van der Waals surface area (Å²) in [5, 5.41) is 10.3. The van der Waals surface area contributed by atoms with Crippen molar-refractivity contribution in [2.45, 2.75) is 38.7 Å². The molecule has 114 valence electrons. The molecule has 1 aromatic carbocycles. The van der Waals surface area contributed by atoms with Crippen molar-refractivity contribution in [1.82, 2.24) is 0 Å². The molecule has 1 aromatic rings. The van der Waals surface area contributed by atoms with E-state index in [4.69, 9.17) is 4.74 Å². The summed E-state index contributed by atoms with van der Waals surface area (Å²) in [5.41, 5.74) is 0.117. The first-order valence-corrected chi connectivity index (χ1v) is 8.66. The lowest BCUT2D eigenvalue weighted by Crippen LogP contribution is -2.28. The number of rotatable bonds is 8. The monoisotopic (exact) mass is 300 g/mol. The van der Waals surface area contributed by atoms with Crippen molar-refractivity contribution in [3.05, 3.63) is 29.8 Å². The lowest BCUT2D eigenvalue weighted by Gasteiger charge is -2.23. The average Bonchev–Trinajstić information content (AvgIpc) is 2.38. The van der Waals surface area contributed by atoms with E-state index in [1.54, 1.807) is 21.0 Å². The van der Waals surface area contributed by atoms with E-state index >= 15 is 0 Å². The number of aliphatic hydroxyl groups is 1. The van der Waals surface area contributed by atoms with Crippen LogP contribution in [0.2, 0.25) is 0 Å². The maximum Gasteiger partial charge on any atom is 0.150 e. The molecular formula is C15H24O4S. The normalized spacial score (nSPS) is 14.8. The third-order valence-corrected chi connectivity index (χ3v) is 5.14. The molecule has 1 N–H and O–H groups in total. The molecule has 1 unspecified atom stereocenters. The van der Waals surface area contributed by atoms with Crippen molar-refractivity contribution in [2.24, 2.45) is 0 Å². The van der Waals surface area contributed by atoms with Crippen molar-refractivity contribution in [3.63, 3.8) is 0 Å². The van der Waals surface area contributed by atoms with E-state index < -0.39 is 15.4 Å². The van der Waals surface area contributed by atoms with Gasteiger partial charge in [0.1, 0.15) is 15.6 Å². The van der Waals surface area contributed by atoms with Crippen LogP contribution in [-0.2, 0) is 16.3 Å². The third-order valence-electron chi connectivity index (χ3n) is 3.35. The second-order valence-corrected chi connectivity index (χ2v) is 7.83. The van der Waals surface area contributed by atoms with Crippen LogP contribution in [0.25, 0.3) is 0 Å². The summed E-state index contributed by atoms with van der Waals surface area (Å²) < 4.78 is 27.9. The van der Waals surface area contributed by atoms with E-state index in [2.05, 4.69) is 0 Å². The van der Waals surface area contributed by atoms with Crippen molar-refractivity contribution in [3.8, 4) is 5.75 Å². The molecule has 0 aliphatic heterocycles. The quantitative estimate of drug-likeness (QED) is 0.799. The van der Waals surface area contributed by atoms with E-state index in [1.807, 2.05) is 24.3 Å². The molecule has 0 heterocycles. The first-order valence-electron chi connectivity index (χ1n) is 6.84. The van der Waals surface area contributed by atoms with Crippen LogP contribution in [0.5, 0.6) is 5.75 Å². The number of methoxy groups -OCH3 is 1. The van der Waals surface area contributed by atoms with Crippen molar-refractivity contribution < 1.29 is 18.3 Å². The third kappa shape index (κ3) is 5.92. The van der Waals surface area contributed by atoms with Crippen molar-refractivity contribution in [2.75, 3.05) is 18.6 Å². The molecule has 1 rings (SSSR count). The highest BCUT2D eigenvalue weighted by molar-refractivity contribution is 7.91. The molecule has 1 atom stereocenters. The molecule has 0 fully saturated rings. The number of sulfone groups is 1. The number of hydrogen-bond donors (Lipinski definition) is 1. The van der Waals surface area contributed by atoms with Crippen LogP contribution in [0.1, 0.15) is 32.3 Å². The lowest BCUT2D eigenvalue weighted by atomic mass is 9.92. The Bertz CT molecular complexity index is 503. The SMILES string of the molecule is CCS(=O)(=O)CCCC(C)(O)Cc1ccc(OC)cc1. The van der Waals surface area contributed by atoms with Crippen LogP contribution in [0, 0.1) is 0 Å². The maximum atomic E-state index is 11.4. The topological polar surface area (TPSA) is 63.6 Å². The van der Waals surface area contributed by atoms with Gasteiger partial charge in [0, 0.05) is 12.2 Å². The van der Waals surface area contributed by atoms with Gasteiger partial charge < -0.3 is 9.84 Å². The fourth-order valence-electron chi connectivity index (χ4n) is 2.09. The summed E-state index contributed by atoms with van der Waals surface area (Å²) in [4.78, 5) is 0. The molecule has 0 aliphatic carbocycles. The van der Waals surface area contributed by atoms with Gasteiger partial charge in [0.15, 0.2) is 0 Å². The van der Waals surface area contributed by atoms with Crippen LogP contribution >= 0.6 is 0 Å². The van der Waals surface area contributed by atoms with Gasteiger partial charge in [-0.1, -0.05) is 19.1 Å². The summed E-state index contributed by atoms with van der Waals surface area (Å²) in [6.45, 7) is 3.39. The molecule has 0 saturated carbocycles. The smallest absolute Gasteiger partial charge is 0.150 e. The van der Waals surface area contributed by atoms with E-state index in [0.717, 1.165) is 11.3 Å². The fourth-order valence-corrected chi connectivity index (χ4v) is 2.96. The van der Waals surface area contributed by atoms with Crippen LogP contribution in [0.3, 0.4) is 0 Å². The van der Waals surface area contributed by atoms with Crippen LogP contribution in [0.15, 0.2) is 24.3 Å². The molecule has 20 heavy (non-hydrogen) atoms. The molecule has 0 spiro atoms.